The Morgan fingerprint density at radius 1 is 1.50 bits per heavy atom. The molecule has 0 radical (unpaired) electrons. The van der Waals surface area contributed by atoms with Gasteiger partial charge in [-0.05, 0) is 26.5 Å². The van der Waals surface area contributed by atoms with Gasteiger partial charge in [-0.2, -0.15) is 4.31 Å². The summed E-state index contributed by atoms with van der Waals surface area (Å²) in [5, 5.41) is 3.17. The van der Waals surface area contributed by atoms with Crippen LogP contribution in [0.4, 0.5) is 0 Å². The van der Waals surface area contributed by atoms with E-state index in [2.05, 4.69) is 10.3 Å². The van der Waals surface area contributed by atoms with Gasteiger partial charge in [-0.3, -0.25) is 0 Å². The predicted molar refractivity (Wildman–Crippen MR) is 76.9 cm³/mol. The van der Waals surface area contributed by atoms with Crippen molar-refractivity contribution in [1.82, 2.24) is 14.6 Å². The Kier molecular flexibility index (Phi) is 4.85. The third kappa shape index (κ3) is 3.22. The van der Waals surface area contributed by atoms with Crippen molar-refractivity contribution in [2.45, 2.75) is 44.4 Å². The van der Waals surface area contributed by atoms with Gasteiger partial charge < -0.3 is 15.0 Å². The molecule has 6 nitrogen and oxygen atoms in total. The van der Waals surface area contributed by atoms with Crippen LogP contribution >= 0.6 is 0 Å². The number of nitrogens with one attached hydrogen (secondary N) is 2. The van der Waals surface area contributed by atoms with E-state index in [1.807, 2.05) is 20.8 Å². The van der Waals surface area contributed by atoms with E-state index in [9.17, 15) is 8.42 Å². The lowest BCUT2D eigenvalue weighted by Gasteiger charge is -2.35. The first-order chi connectivity index (χ1) is 9.45. The minimum absolute atomic E-state index is 0.0684. The third-order valence-electron chi connectivity index (χ3n) is 3.44. The second-order valence-electron chi connectivity index (χ2n) is 5.21. The van der Waals surface area contributed by atoms with E-state index in [4.69, 9.17) is 4.74 Å². The van der Waals surface area contributed by atoms with Crippen LogP contribution in [0.2, 0.25) is 0 Å². The molecule has 1 fully saturated rings. The normalized spacial score (nSPS) is 24.9. The van der Waals surface area contributed by atoms with E-state index in [1.165, 1.54) is 4.31 Å². The van der Waals surface area contributed by atoms with E-state index in [1.54, 1.807) is 12.3 Å². The minimum Gasteiger partial charge on any atom is -0.375 e. The van der Waals surface area contributed by atoms with Crippen LogP contribution < -0.4 is 5.32 Å². The number of rotatable bonds is 5. The molecule has 7 heteroatoms. The molecular weight excluding hydrogens is 278 g/mol. The molecule has 2 atom stereocenters. The fourth-order valence-electron chi connectivity index (χ4n) is 2.27. The van der Waals surface area contributed by atoms with Gasteiger partial charge in [0.05, 0.1) is 17.6 Å². The molecule has 0 aliphatic carbocycles. The van der Waals surface area contributed by atoms with Crippen molar-refractivity contribution in [3.05, 3.63) is 18.0 Å². The topological polar surface area (TPSA) is 74.4 Å². The Morgan fingerprint density at radius 3 is 2.95 bits per heavy atom. The molecule has 0 bridgehead atoms. The average Bonchev–Trinajstić information content (AvgIpc) is 2.88. The molecular formula is C13H23N3O3S. The number of hydrogen-bond acceptors (Lipinski definition) is 4. The smallest absolute Gasteiger partial charge is 0.244 e. The highest BCUT2D eigenvalue weighted by Crippen LogP contribution is 2.23. The largest absolute Gasteiger partial charge is 0.375 e. The lowest BCUT2D eigenvalue weighted by atomic mass is 10.2. The second kappa shape index (κ2) is 6.26. The van der Waals surface area contributed by atoms with Crippen LogP contribution in [-0.2, 0) is 21.3 Å². The highest BCUT2D eigenvalue weighted by Gasteiger charge is 2.34. The number of sulfonamides is 1. The van der Waals surface area contributed by atoms with Gasteiger partial charge in [0.1, 0.15) is 0 Å². The fourth-order valence-corrected chi connectivity index (χ4v) is 3.98. The van der Waals surface area contributed by atoms with Gasteiger partial charge in [0.25, 0.3) is 0 Å². The zero-order valence-corrected chi connectivity index (χ0v) is 13.0. The number of aromatic amines is 1. The zero-order chi connectivity index (χ0) is 14.8. The Bertz CT molecular complexity index is 541. The van der Waals surface area contributed by atoms with Crippen molar-refractivity contribution in [1.29, 1.82) is 0 Å². The molecule has 0 spiro atoms. The van der Waals surface area contributed by atoms with Crippen molar-refractivity contribution < 1.29 is 13.2 Å². The first kappa shape index (κ1) is 15.5. The summed E-state index contributed by atoms with van der Waals surface area (Å²) in [6.45, 7) is 8.10. The summed E-state index contributed by atoms with van der Waals surface area (Å²) in [7, 11) is -3.45. The van der Waals surface area contributed by atoms with Crippen LogP contribution in [0.15, 0.2) is 17.2 Å². The van der Waals surface area contributed by atoms with Crippen molar-refractivity contribution in [2.75, 3.05) is 19.7 Å². The molecule has 0 amide bonds. The Hall–Kier alpha value is -0.890. The van der Waals surface area contributed by atoms with E-state index in [0.717, 1.165) is 12.2 Å². The van der Waals surface area contributed by atoms with Gasteiger partial charge in [0.15, 0.2) is 0 Å². The highest BCUT2D eigenvalue weighted by atomic mass is 32.2. The van der Waals surface area contributed by atoms with Crippen molar-refractivity contribution in [3.8, 4) is 0 Å². The molecule has 1 aromatic rings. The molecule has 1 aliphatic heterocycles. The van der Waals surface area contributed by atoms with E-state index >= 15 is 0 Å². The number of H-pyrrole nitrogens is 1. The van der Waals surface area contributed by atoms with Crippen LogP contribution in [0.1, 0.15) is 26.5 Å². The van der Waals surface area contributed by atoms with Crippen molar-refractivity contribution in [2.24, 2.45) is 0 Å². The summed E-state index contributed by atoms with van der Waals surface area (Å²) in [6, 6.07) is 1.56. The van der Waals surface area contributed by atoms with Gasteiger partial charge in [0.2, 0.25) is 10.0 Å². The van der Waals surface area contributed by atoms with Gasteiger partial charge in [0, 0.05) is 31.0 Å². The lowest BCUT2D eigenvalue weighted by Crippen LogP contribution is -2.49. The lowest BCUT2D eigenvalue weighted by molar-refractivity contribution is -0.0170. The maximum Gasteiger partial charge on any atom is 0.244 e. The molecule has 2 unspecified atom stereocenters. The molecule has 20 heavy (non-hydrogen) atoms. The number of ether oxygens (including phenoxy) is 1. The molecule has 0 aromatic carbocycles. The molecule has 0 saturated carbocycles. The van der Waals surface area contributed by atoms with Crippen molar-refractivity contribution >= 4 is 10.0 Å². The summed E-state index contributed by atoms with van der Waals surface area (Å²) in [4.78, 5) is 3.34. The van der Waals surface area contributed by atoms with Crippen LogP contribution in [0.5, 0.6) is 0 Å². The van der Waals surface area contributed by atoms with Crippen LogP contribution in [-0.4, -0.2) is 49.5 Å². The number of aromatic nitrogens is 1. The van der Waals surface area contributed by atoms with E-state index in [-0.39, 0.29) is 12.1 Å². The molecule has 1 saturated heterocycles. The van der Waals surface area contributed by atoms with E-state index < -0.39 is 10.0 Å². The summed E-state index contributed by atoms with van der Waals surface area (Å²) < 4.78 is 32.3. The van der Waals surface area contributed by atoms with Gasteiger partial charge in [-0.1, -0.05) is 6.92 Å². The molecule has 114 valence electrons. The maximum absolute atomic E-state index is 12.7. The molecule has 2 heterocycles. The standard InChI is InChI=1S/C13H23N3O3S/c1-4-14-6-12-5-13(7-15-12)20(17,18)16-8-11(3)19-9-10(16)2/h5,7,10-11,14-15H,4,6,8-9H2,1-3H3. The van der Waals surface area contributed by atoms with Crippen LogP contribution in [0, 0.1) is 0 Å². The van der Waals surface area contributed by atoms with Gasteiger partial charge in [-0.15, -0.1) is 0 Å². The number of morpholine rings is 1. The summed E-state index contributed by atoms with van der Waals surface area (Å²) in [5.41, 5.74) is 0.874. The molecule has 2 rings (SSSR count). The SMILES string of the molecule is CCNCc1cc(S(=O)(=O)N2CC(C)OCC2C)c[nH]1. The third-order valence-corrected chi connectivity index (χ3v) is 5.40. The molecule has 1 aliphatic rings. The first-order valence-corrected chi connectivity index (χ1v) is 8.40. The Balaban J connectivity index is 2.18. The van der Waals surface area contributed by atoms with Crippen LogP contribution in [0.3, 0.4) is 0 Å². The van der Waals surface area contributed by atoms with Gasteiger partial charge in [-0.25, -0.2) is 8.42 Å². The quantitative estimate of drug-likeness (QED) is 0.848. The fraction of sp³-hybridized carbons (Fsp3) is 0.692. The average molecular weight is 301 g/mol. The summed E-state index contributed by atoms with van der Waals surface area (Å²) in [5.74, 6) is 0. The Labute approximate surface area is 120 Å². The maximum atomic E-state index is 12.7. The van der Waals surface area contributed by atoms with Crippen LogP contribution in [0.25, 0.3) is 0 Å². The van der Waals surface area contributed by atoms with E-state index in [0.29, 0.717) is 24.6 Å². The van der Waals surface area contributed by atoms with Gasteiger partial charge >= 0.3 is 0 Å². The number of hydrogen-bond donors (Lipinski definition) is 2. The zero-order valence-electron chi connectivity index (χ0n) is 12.2. The summed E-state index contributed by atoms with van der Waals surface area (Å²) >= 11 is 0. The monoisotopic (exact) mass is 301 g/mol. The molecule has 2 N–H and O–H groups in total. The predicted octanol–water partition coefficient (Wildman–Crippen LogP) is 0.922. The second-order valence-corrected chi connectivity index (χ2v) is 7.10. The molecule has 1 aromatic heterocycles. The minimum atomic E-state index is -3.45. The highest BCUT2D eigenvalue weighted by molar-refractivity contribution is 7.89. The Morgan fingerprint density at radius 2 is 2.25 bits per heavy atom. The number of nitrogens with zero attached hydrogens (tertiary/aromatic N) is 1. The first-order valence-electron chi connectivity index (χ1n) is 6.96. The van der Waals surface area contributed by atoms with Crippen molar-refractivity contribution in [3.63, 3.8) is 0 Å². The summed E-state index contributed by atoms with van der Waals surface area (Å²) in [6.07, 6.45) is 1.50.